The molecule has 1 aliphatic rings. The zero-order chi connectivity index (χ0) is 25.7. The highest BCUT2D eigenvalue weighted by Gasteiger charge is 2.39. The van der Waals surface area contributed by atoms with Crippen molar-refractivity contribution < 1.29 is 43.2 Å². The van der Waals surface area contributed by atoms with E-state index in [9.17, 15) is 24.3 Å². The van der Waals surface area contributed by atoms with Crippen LogP contribution in [0.1, 0.15) is 58.2 Å². The average molecular weight is 485 g/mol. The predicted molar refractivity (Wildman–Crippen MR) is 124 cm³/mol. The summed E-state index contributed by atoms with van der Waals surface area (Å²) in [5.41, 5.74) is 0.109. The number of ketones is 3. The molecular weight excluding hydrogens is 456 g/mol. The Hall–Kier alpha value is -3.56. The lowest BCUT2D eigenvalue weighted by molar-refractivity contribution is -0.177. The van der Waals surface area contributed by atoms with Gasteiger partial charge in [0.05, 0.1) is 24.8 Å². The van der Waals surface area contributed by atoms with Crippen LogP contribution in [0, 0.1) is 5.92 Å². The van der Waals surface area contributed by atoms with E-state index in [0.717, 1.165) is 0 Å². The summed E-state index contributed by atoms with van der Waals surface area (Å²) in [6, 6.07) is 7.63. The van der Waals surface area contributed by atoms with Gasteiger partial charge in [-0.15, -0.1) is 0 Å². The van der Waals surface area contributed by atoms with Gasteiger partial charge in [-0.3, -0.25) is 19.2 Å². The van der Waals surface area contributed by atoms with Gasteiger partial charge in [0.25, 0.3) is 0 Å². The van der Waals surface area contributed by atoms with E-state index >= 15 is 0 Å². The number of carbonyl (C=O) groups excluding carboxylic acids is 4. The molecule has 0 aromatic heterocycles. The topological polar surface area (TPSA) is 125 Å². The Morgan fingerprint density at radius 1 is 0.914 bits per heavy atom. The number of phenolic OH excluding ortho intramolecular Hbond substituents is 1. The monoisotopic (exact) mass is 484 g/mol. The SMILES string of the molecule is CCOC(=O)C(Cc1cc(OC)c2c(c1O)C(=O)c1ccccc1C2=O)C(=O)C(OCC)OCC. The molecule has 1 aliphatic carbocycles. The number of rotatable bonds is 11. The van der Waals surface area contributed by atoms with Crippen LogP contribution in [-0.2, 0) is 30.2 Å². The first-order valence-corrected chi connectivity index (χ1v) is 11.3. The first-order valence-electron chi connectivity index (χ1n) is 11.3. The normalized spacial score (nSPS) is 13.3. The molecule has 0 aliphatic heterocycles. The molecule has 186 valence electrons. The van der Waals surface area contributed by atoms with Crippen LogP contribution >= 0.6 is 0 Å². The van der Waals surface area contributed by atoms with Gasteiger partial charge >= 0.3 is 5.97 Å². The van der Waals surface area contributed by atoms with Crippen LogP contribution in [-0.4, -0.2) is 61.6 Å². The maximum Gasteiger partial charge on any atom is 0.317 e. The van der Waals surface area contributed by atoms with Crippen molar-refractivity contribution in [2.24, 2.45) is 5.92 Å². The largest absolute Gasteiger partial charge is 0.507 e. The standard InChI is InChI=1S/C26H28O9/c1-5-33-25(31)17(24(30)26(34-6-2)35-7-3)12-14-13-18(32-4)19-20(21(14)27)23(29)16-11-9-8-10-15(16)22(19)28/h8-11,13,17,26-27H,5-7,12H2,1-4H3. The van der Waals surface area contributed by atoms with Crippen molar-refractivity contribution in [2.45, 2.75) is 33.5 Å². The number of hydrogen-bond acceptors (Lipinski definition) is 9. The molecule has 1 unspecified atom stereocenters. The fourth-order valence-corrected chi connectivity index (χ4v) is 4.05. The van der Waals surface area contributed by atoms with Crippen LogP contribution in [0.15, 0.2) is 30.3 Å². The summed E-state index contributed by atoms with van der Waals surface area (Å²) in [5.74, 6) is -4.40. The van der Waals surface area contributed by atoms with Gasteiger partial charge in [0, 0.05) is 24.3 Å². The number of ether oxygens (including phenoxy) is 4. The minimum Gasteiger partial charge on any atom is -0.507 e. The van der Waals surface area contributed by atoms with Gasteiger partial charge in [-0.25, -0.2) is 0 Å². The summed E-state index contributed by atoms with van der Waals surface area (Å²) in [4.78, 5) is 52.4. The molecule has 2 aromatic carbocycles. The molecular formula is C26H28O9. The van der Waals surface area contributed by atoms with Crippen LogP contribution in [0.2, 0.25) is 0 Å². The Labute approximate surface area is 202 Å². The van der Waals surface area contributed by atoms with Gasteiger partial charge in [0.2, 0.25) is 12.1 Å². The van der Waals surface area contributed by atoms with Gasteiger partial charge in [-0.05, 0) is 38.8 Å². The van der Waals surface area contributed by atoms with Gasteiger partial charge in [-0.2, -0.15) is 0 Å². The van der Waals surface area contributed by atoms with Gasteiger partial charge in [0.1, 0.15) is 17.4 Å². The first-order chi connectivity index (χ1) is 16.8. The summed E-state index contributed by atoms with van der Waals surface area (Å²) in [7, 11) is 1.32. The molecule has 0 saturated heterocycles. The maximum absolute atomic E-state index is 13.3. The quantitative estimate of drug-likeness (QED) is 0.248. The third-order valence-electron chi connectivity index (χ3n) is 5.64. The zero-order valence-corrected chi connectivity index (χ0v) is 20.1. The lowest BCUT2D eigenvalue weighted by Crippen LogP contribution is -2.39. The van der Waals surface area contributed by atoms with Crippen LogP contribution < -0.4 is 4.74 Å². The third-order valence-corrected chi connectivity index (χ3v) is 5.64. The molecule has 1 atom stereocenters. The van der Waals surface area contributed by atoms with Gasteiger partial charge in [-0.1, -0.05) is 24.3 Å². The summed E-state index contributed by atoms with van der Waals surface area (Å²) in [6.07, 6.45) is -1.64. The molecule has 0 spiro atoms. The van der Waals surface area contributed by atoms with E-state index in [1.54, 1.807) is 32.9 Å². The summed E-state index contributed by atoms with van der Waals surface area (Å²) in [5, 5.41) is 11.1. The highest BCUT2D eigenvalue weighted by atomic mass is 16.7. The molecule has 1 N–H and O–H groups in total. The Balaban J connectivity index is 2.11. The van der Waals surface area contributed by atoms with E-state index in [1.165, 1.54) is 25.3 Å². The molecule has 0 amide bonds. The summed E-state index contributed by atoms with van der Waals surface area (Å²) < 4.78 is 21.2. The second-order valence-corrected chi connectivity index (χ2v) is 7.69. The highest BCUT2D eigenvalue weighted by Crippen LogP contribution is 2.41. The van der Waals surface area contributed by atoms with Crippen molar-refractivity contribution in [3.63, 3.8) is 0 Å². The number of phenols is 1. The average Bonchev–Trinajstić information content (AvgIpc) is 2.85. The Bertz CT molecular complexity index is 1150. The number of hydrogen-bond donors (Lipinski definition) is 1. The van der Waals surface area contributed by atoms with Gasteiger partial charge < -0.3 is 24.1 Å². The number of fused-ring (bicyclic) bond motifs is 2. The molecule has 0 fully saturated rings. The molecule has 2 aromatic rings. The highest BCUT2D eigenvalue weighted by molar-refractivity contribution is 6.30. The van der Waals surface area contributed by atoms with Crippen molar-refractivity contribution in [1.82, 2.24) is 0 Å². The lowest BCUT2D eigenvalue weighted by Gasteiger charge is -2.24. The van der Waals surface area contributed by atoms with E-state index in [1.807, 2.05) is 0 Å². The van der Waals surface area contributed by atoms with Crippen LogP contribution in [0.25, 0.3) is 0 Å². The van der Waals surface area contributed by atoms with E-state index in [0.29, 0.717) is 0 Å². The second-order valence-electron chi connectivity index (χ2n) is 7.69. The summed E-state index contributed by atoms with van der Waals surface area (Å²) in [6.45, 7) is 5.32. The Morgan fingerprint density at radius 3 is 2.00 bits per heavy atom. The minimum absolute atomic E-state index is 0.0276. The number of aromatic hydroxyl groups is 1. The van der Waals surface area contributed by atoms with Crippen LogP contribution in [0.3, 0.4) is 0 Å². The van der Waals surface area contributed by atoms with Crippen molar-refractivity contribution in [3.05, 3.63) is 58.1 Å². The van der Waals surface area contributed by atoms with Gasteiger partial charge in [0.15, 0.2) is 11.6 Å². The number of Topliss-reactive ketones (excluding diaryl/α,β-unsaturated/α-hetero) is 1. The minimum atomic E-state index is -1.40. The molecule has 9 nitrogen and oxygen atoms in total. The molecule has 0 saturated carbocycles. The fraction of sp³-hybridized carbons (Fsp3) is 0.385. The van der Waals surface area contributed by atoms with E-state index in [-0.39, 0.29) is 59.8 Å². The van der Waals surface area contributed by atoms with Crippen LogP contribution in [0.4, 0.5) is 0 Å². The number of esters is 1. The molecule has 0 heterocycles. The van der Waals surface area contributed by atoms with E-state index in [4.69, 9.17) is 18.9 Å². The predicted octanol–water partition coefficient (Wildman–Crippen LogP) is 2.87. The molecule has 0 radical (unpaired) electrons. The Morgan fingerprint density at radius 2 is 1.49 bits per heavy atom. The van der Waals surface area contributed by atoms with Crippen molar-refractivity contribution in [2.75, 3.05) is 26.9 Å². The van der Waals surface area contributed by atoms with Crippen LogP contribution in [0.5, 0.6) is 11.5 Å². The molecule has 9 heteroatoms. The fourth-order valence-electron chi connectivity index (χ4n) is 4.05. The van der Waals surface area contributed by atoms with E-state index < -0.39 is 41.3 Å². The number of carbonyl (C=O) groups is 4. The molecule has 3 rings (SSSR count). The molecule has 35 heavy (non-hydrogen) atoms. The smallest absolute Gasteiger partial charge is 0.317 e. The van der Waals surface area contributed by atoms with Crippen molar-refractivity contribution in [3.8, 4) is 11.5 Å². The van der Waals surface area contributed by atoms with Crippen molar-refractivity contribution >= 4 is 23.3 Å². The number of benzene rings is 2. The zero-order valence-electron chi connectivity index (χ0n) is 20.1. The second kappa shape index (κ2) is 11.2. The Kier molecular flexibility index (Phi) is 8.37. The molecule has 0 bridgehead atoms. The number of methoxy groups -OCH3 is 1. The van der Waals surface area contributed by atoms with E-state index in [2.05, 4.69) is 0 Å². The lowest BCUT2D eigenvalue weighted by atomic mass is 9.81. The first kappa shape index (κ1) is 26.1. The third kappa shape index (κ3) is 4.96. The summed E-state index contributed by atoms with van der Waals surface area (Å²) >= 11 is 0. The van der Waals surface area contributed by atoms with Crippen molar-refractivity contribution in [1.29, 1.82) is 0 Å². The maximum atomic E-state index is 13.3.